The molecule has 0 aromatic carbocycles. The molecule has 2 heterocycles. The van der Waals surface area contributed by atoms with Gasteiger partial charge in [-0.05, 0) is 109 Å². The summed E-state index contributed by atoms with van der Waals surface area (Å²) in [4.78, 5) is 184. The van der Waals surface area contributed by atoms with E-state index in [2.05, 4.69) is 58.5 Å². The third-order valence-electron chi connectivity index (χ3n) is 13.5. The predicted molar refractivity (Wildman–Crippen MR) is 288 cm³/mol. The first-order valence-corrected chi connectivity index (χ1v) is 27.1. The molecule has 0 aliphatic carbocycles. The van der Waals surface area contributed by atoms with Crippen LogP contribution in [0.3, 0.4) is 0 Å². The Kier molecular flexibility index (Phi) is 27.8. The van der Waals surface area contributed by atoms with Crippen molar-refractivity contribution in [3.63, 3.8) is 0 Å². The van der Waals surface area contributed by atoms with Crippen LogP contribution >= 0.6 is 0 Å². The number of hydrogen-bond donors (Lipinski definition) is 17. The van der Waals surface area contributed by atoms with Crippen LogP contribution in [-0.4, -0.2) is 240 Å². The molecular weight excluding hydrogens is 1100 g/mol. The van der Waals surface area contributed by atoms with Crippen LogP contribution in [0.5, 0.6) is 0 Å². The number of carboxylic acids is 1. The van der Waals surface area contributed by atoms with E-state index in [0.717, 1.165) is 16.7 Å². The average Bonchev–Trinajstić information content (AvgIpc) is 4.32. The molecule has 2 aliphatic heterocycles. The van der Waals surface area contributed by atoms with E-state index in [0.29, 0.717) is 6.42 Å². The number of rotatable bonds is 29. The Hall–Kier alpha value is -7.62. The smallest absolute Gasteiger partial charge is 0.325 e. The average molecular weight is 1190 g/mol. The maximum absolute atomic E-state index is 13.9. The molecular formula is C50H84N14O19. The van der Waals surface area contributed by atoms with Crippen LogP contribution in [0.4, 0.5) is 0 Å². The van der Waals surface area contributed by atoms with Gasteiger partial charge in [-0.3, -0.25) is 67.1 Å². The number of carbonyl (C=O) groups excluding carboxylic acids is 13. The maximum Gasteiger partial charge on any atom is 0.325 e. The third kappa shape index (κ3) is 21.0. The summed E-state index contributed by atoms with van der Waals surface area (Å²) >= 11 is 0. The van der Waals surface area contributed by atoms with E-state index in [-0.39, 0.29) is 32.4 Å². The van der Waals surface area contributed by atoms with Gasteiger partial charge in [0.25, 0.3) is 0 Å². The van der Waals surface area contributed by atoms with Gasteiger partial charge in [0.1, 0.15) is 78.5 Å². The molecule has 468 valence electrons. The first-order valence-electron chi connectivity index (χ1n) is 27.1. The molecule has 0 aromatic rings. The second-order valence-electron chi connectivity index (χ2n) is 21.0. The van der Waals surface area contributed by atoms with E-state index in [1.807, 2.05) is 0 Å². The fourth-order valence-corrected chi connectivity index (χ4v) is 8.37. The summed E-state index contributed by atoms with van der Waals surface area (Å²) in [6.45, 7) is 14.8. The van der Waals surface area contributed by atoms with Crippen molar-refractivity contribution in [3.8, 4) is 0 Å². The van der Waals surface area contributed by atoms with Gasteiger partial charge in [0.15, 0.2) is 0 Å². The van der Waals surface area contributed by atoms with Crippen LogP contribution in [-0.2, 0) is 67.1 Å². The van der Waals surface area contributed by atoms with Gasteiger partial charge in [-0.2, -0.15) is 0 Å². The molecule has 0 saturated carbocycles. The van der Waals surface area contributed by atoms with Gasteiger partial charge >= 0.3 is 5.97 Å². The van der Waals surface area contributed by atoms with Gasteiger partial charge < -0.3 is 99.6 Å². The molecule has 0 spiro atoms. The summed E-state index contributed by atoms with van der Waals surface area (Å²) in [5, 5.41) is 76.6. The van der Waals surface area contributed by atoms with Crippen molar-refractivity contribution in [2.75, 3.05) is 13.1 Å². The van der Waals surface area contributed by atoms with Crippen LogP contribution in [0.1, 0.15) is 109 Å². The Morgan fingerprint density at radius 3 is 0.867 bits per heavy atom. The van der Waals surface area contributed by atoms with Crippen LogP contribution in [0.2, 0.25) is 0 Å². The van der Waals surface area contributed by atoms with E-state index >= 15 is 0 Å². The molecule has 18 atom stereocenters. The standard InChI is InChI=1S/C50H84N14O19/c1-19(51)37(69)52-22(4)40(72)59-33(27(9)65)46(78)56-20(2)38(70)53-23(5)42(74)61-35(29(11)67)48(80)63-17-13-15-31(63)44(76)55-25(7)41(73)60-34(28(10)66)47(79)57-21(3)39(71)54-24(6)43(75)62-36(30(12)68)49(81)64-18-14-16-32(64)45(77)58-26(8)50(82)83/h19-36,65-68H,13-18,51H2,1-12H3,(H,52,69)(H,53,70)(H,54,71)(H,55,76)(H,56,78)(H,57,79)(H,58,77)(H,59,72)(H,60,73)(H,61,74)(H,62,75)(H,82,83)/t19-,20-,21-,22-,23-,24-,25-,26-,27+,28+,29+,30+,31-,32-,33-,34-,35-,36-/m0/s1. The highest BCUT2D eigenvalue weighted by atomic mass is 16.4. The molecule has 0 bridgehead atoms. The van der Waals surface area contributed by atoms with Crippen LogP contribution in [0.15, 0.2) is 0 Å². The molecule has 0 aromatic heterocycles. The van der Waals surface area contributed by atoms with Crippen molar-refractivity contribution in [1.29, 1.82) is 0 Å². The predicted octanol–water partition coefficient (Wildman–Crippen LogP) is -8.60. The third-order valence-corrected chi connectivity index (χ3v) is 13.5. The Balaban J connectivity index is 2.02. The topological polar surface area (TPSA) is 505 Å². The maximum atomic E-state index is 13.9. The van der Waals surface area contributed by atoms with E-state index in [1.165, 1.54) is 76.2 Å². The molecule has 0 radical (unpaired) electrons. The number of aliphatic carboxylic acids is 1. The number of nitrogens with two attached hydrogens (primary N) is 1. The minimum Gasteiger partial charge on any atom is -0.480 e. The van der Waals surface area contributed by atoms with Gasteiger partial charge in [-0.25, -0.2) is 0 Å². The first-order chi connectivity index (χ1) is 38.4. The molecule has 33 nitrogen and oxygen atoms in total. The molecule has 2 saturated heterocycles. The zero-order valence-electron chi connectivity index (χ0n) is 48.6. The van der Waals surface area contributed by atoms with Crippen molar-refractivity contribution < 1.29 is 92.7 Å². The zero-order valence-corrected chi connectivity index (χ0v) is 48.6. The van der Waals surface area contributed by atoms with Crippen LogP contribution in [0, 0.1) is 0 Å². The molecule has 83 heavy (non-hydrogen) atoms. The molecule has 2 aliphatic rings. The number of carboxylic acid groups (broad SMARTS) is 1. The van der Waals surface area contributed by atoms with Crippen molar-refractivity contribution in [1.82, 2.24) is 68.3 Å². The van der Waals surface area contributed by atoms with Crippen molar-refractivity contribution in [2.45, 2.75) is 218 Å². The molecule has 2 fully saturated rings. The second-order valence-corrected chi connectivity index (χ2v) is 21.0. The monoisotopic (exact) mass is 1180 g/mol. The molecule has 18 N–H and O–H groups in total. The number of amides is 13. The highest BCUT2D eigenvalue weighted by molar-refractivity contribution is 6.00. The number of aliphatic hydroxyl groups excluding tert-OH is 4. The van der Waals surface area contributed by atoms with E-state index < -0.39 is 192 Å². The number of nitrogens with zero attached hydrogens (tertiary/aromatic N) is 2. The Morgan fingerprint density at radius 1 is 0.349 bits per heavy atom. The van der Waals surface area contributed by atoms with Crippen molar-refractivity contribution >= 4 is 82.8 Å². The molecule has 0 unspecified atom stereocenters. The number of carbonyl (C=O) groups is 14. The largest absolute Gasteiger partial charge is 0.480 e. The minimum absolute atomic E-state index is 0.0330. The highest BCUT2D eigenvalue weighted by Gasteiger charge is 2.43. The fourth-order valence-electron chi connectivity index (χ4n) is 8.37. The summed E-state index contributed by atoms with van der Waals surface area (Å²) in [6.07, 6.45) is -5.24. The summed E-state index contributed by atoms with van der Waals surface area (Å²) in [6, 6.07) is -19.3. The van der Waals surface area contributed by atoms with Gasteiger partial charge in [-0.15, -0.1) is 0 Å². The van der Waals surface area contributed by atoms with Crippen LogP contribution in [0.25, 0.3) is 0 Å². The number of likely N-dealkylation sites (tertiary alicyclic amines) is 2. The minimum atomic E-state index is -1.73. The Bertz CT molecular complexity index is 2410. The Morgan fingerprint density at radius 2 is 0.590 bits per heavy atom. The first kappa shape index (κ1) is 71.5. The van der Waals surface area contributed by atoms with Gasteiger partial charge in [0.2, 0.25) is 76.8 Å². The quantitative estimate of drug-likeness (QED) is 0.0331. The number of aliphatic hydroxyl groups is 4. The van der Waals surface area contributed by atoms with E-state index in [4.69, 9.17) is 5.73 Å². The fraction of sp³-hybridized carbons (Fsp3) is 0.720. The molecule has 33 heteroatoms. The molecule has 13 amide bonds. The summed E-state index contributed by atoms with van der Waals surface area (Å²) in [5.74, 6) is -13.1. The lowest BCUT2D eigenvalue weighted by Crippen LogP contribution is -2.62. The normalized spacial score (nSPS) is 20.7. The SMILES string of the molecule is C[C@H](N)C(=O)N[C@@H](C)C(=O)N[C@H](C(=O)N[C@@H](C)C(=O)N[C@@H](C)C(=O)N[C@H](C(=O)N1CCC[C@H]1C(=O)N[C@@H](C)C(=O)N[C@H](C(=O)N[C@@H](C)C(=O)N[C@@H](C)C(=O)N[C@H](C(=O)N1CCC[C@H]1C(=O)N[C@@H](C)C(=O)O)[C@@H](C)O)[C@@H](C)O)[C@@H](C)O)[C@@H](C)O. The van der Waals surface area contributed by atoms with Gasteiger partial charge in [-0.1, -0.05) is 0 Å². The highest BCUT2D eigenvalue weighted by Crippen LogP contribution is 2.21. The number of nitrogens with one attached hydrogen (secondary N) is 11. The number of hydrogen-bond acceptors (Lipinski definition) is 19. The van der Waals surface area contributed by atoms with Gasteiger partial charge in [0.05, 0.1) is 30.5 Å². The Labute approximate surface area is 479 Å². The summed E-state index contributed by atoms with van der Waals surface area (Å²) in [7, 11) is 0. The second kappa shape index (κ2) is 32.3. The van der Waals surface area contributed by atoms with Gasteiger partial charge in [0, 0.05) is 13.1 Å². The van der Waals surface area contributed by atoms with Crippen molar-refractivity contribution in [2.24, 2.45) is 5.73 Å². The lowest BCUT2D eigenvalue weighted by Gasteiger charge is -2.31. The molecule has 2 rings (SSSR count). The summed E-state index contributed by atoms with van der Waals surface area (Å²) < 4.78 is 0. The zero-order chi connectivity index (χ0) is 63.7. The van der Waals surface area contributed by atoms with Crippen LogP contribution < -0.4 is 64.2 Å². The lowest BCUT2D eigenvalue weighted by molar-refractivity contribution is -0.146. The lowest BCUT2D eigenvalue weighted by atomic mass is 10.1. The van der Waals surface area contributed by atoms with E-state index in [1.54, 1.807) is 0 Å². The van der Waals surface area contributed by atoms with E-state index in [9.17, 15) is 92.7 Å². The summed E-state index contributed by atoms with van der Waals surface area (Å²) in [5.41, 5.74) is 5.50. The van der Waals surface area contributed by atoms with Crippen molar-refractivity contribution in [3.05, 3.63) is 0 Å².